The summed E-state index contributed by atoms with van der Waals surface area (Å²) in [6.45, 7) is 1.83. The lowest BCUT2D eigenvalue weighted by Crippen LogP contribution is -2.47. The number of nitro groups is 1. The zero-order valence-electron chi connectivity index (χ0n) is 15.7. The molecule has 0 saturated carbocycles. The van der Waals surface area contributed by atoms with Gasteiger partial charge >= 0.3 is 0 Å². The highest BCUT2D eigenvalue weighted by molar-refractivity contribution is 7.89. The van der Waals surface area contributed by atoms with Gasteiger partial charge in [-0.2, -0.15) is 0 Å². The second kappa shape index (κ2) is 8.54. The number of non-ortho nitro benzene ring substituents is 1. The lowest BCUT2D eigenvalue weighted by Gasteiger charge is -2.32. The Morgan fingerprint density at radius 3 is 2.41 bits per heavy atom. The van der Waals surface area contributed by atoms with E-state index in [0.717, 1.165) is 34.1 Å². The summed E-state index contributed by atoms with van der Waals surface area (Å²) in [5, 5.41) is 10.8. The fraction of sp³-hybridized carbons (Fsp3) is 0.250. The Morgan fingerprint density at radius 1 is 1.14 bits per heavy atom. The van der Waals surface area contributed by atoms with Crippen LogP contribution in [-0.2, 0) is 26.2 Å². The zero-order chi connectivity index (χ0) is 21.0. The number of ketones is 1. The molecule has 0 spiro atoms. The van der Waals surface area contributed by atoms with Gasteiger partial charge in [-0.3, -0.25) is 19.2 Å². The number of carbonyl (C=O) groups excluding carboxylic acids is 1. The number of Topliss-reactive ketones (excluding diaryl/α,β-unsaturated/α-hetero) is 1. The average molecular weight is 416 g/mol. The first kappa shape index (κ1) is 20.7. The molecular formula is C20H20N2O6S. The first-order chi connectivity index (χ1) is 13.8. The van der Waals surface area contributed by atoms with Crippen LogP contribution in [-0.4, -0.2) is 36.1 Å². The van der Waals surface area contributed by atoms with Gasteiger partial charge in [-0.15, -0.1) is 0 Å². The number of hydrogen-bond donors (Lipinski definition) is 0. The quantitative estimate of drug-likeness (QED) is 0.507. The van der Waals surface area contributed by atoms with Crippen molar-refractivity contribution in [1.82, 2.24) is 4.31 Å². The molecule has 2 aromatic rings. The summed E-state index contributed by atoms with van der Waals surface area (Å²) < 4.78 is 32.8. The Bertz CT molecular complexity index is 1030. The van der Waals surface area contributed by atoms with Crippen molar-refractivity contribution in [2.24, 2.45) is 0 Å². The standard InChI is InChI=1S/C20H20N2O6S/c1-15-11-20(23)19(14-28-13-16-5-3-2-4-6-16)21(12-15)29(26,27)18-9-7-17(8-10-18)22(24)25/h2-10,12,19H,11,13-14H2,1H3/t19-/m0/s1. The molecule has 8 nitrogen and oxygen atoms in total. The number of benzene rings is 2. The van der Waals surface area contributed by atoms with Gasteiger partial charge in [0, 0.05) is 24.8 Å². The molecule has 29 heavy (non-hydrogen) atoms. The van der Waals surface area contributed by atoms with E-state index < -0.39 is 21.0 Å². The van der Waals surface area contributed by atoms with Crippen LogP contribution in [0.2, 0.25) is 0 Å². The maximum Gasteiger partial charge on any atom is 0.269 e. The molecule has 0 radical (unpaired) electrons. The minimum absolute atomic E-state index is 0.0935. The van der Waals surface area contributed by atoms with Gasteiger partial charge in [0.05, 0.1) is 23.0 Å². The van der Waals surface area contributed by atoms with Gasteiger partial charge in [0.25, 0.3) is 15.7 Å². The number of carbonyl (C=O) groups is 1. The Hall–Kier alpha value is -3.04. The van der Waals surface area contributed by atoms with Crippen LogP contribution in [0, 0.1) is 10.1 Å². The molecule has 0 fully saturated rings. The third kappa shape index (κ3) is 4.69. The van der Waals surface area contributed by atoms with Crippen LogP contribution in [0.5, 0.6) is 0 Å². The molecule has 0 amide bonds. The van der Waals surface area contributed by atoms with Crippen LogP contribution in [0.4, 0.5) is 5.69 Å². The third-order valence-corrected chi connectivity index (χ3v) is 6.27. The molecular weight excluding hydrogens is 396 g/mol. The third-order valence-electron chi connectivity index (χ3n) is 4.49. The van der Waals surface area contributed by atoms with Crippen LogP contribution < -0.4 is 0 Å². The monoisotopic (exact) mass is 416 g/mol. The number of nitro benzene ring substituents is 1. The first-order valence-corrected chi connectivity index (χ1v) is 10.3. The van der Waals surface area contributed by atoms with Crippen molar-refractivity contribution in [2.75, 3.05) is 6.61 Å². The predicted octanol–water partition coefficient (Wildman–Crippen LogP) is 3.05. The molecule has 2 aromatic carbocycles. The van der Waals surface area contributed by atoms with Crippen molar-refractivity contribution in [3.8, 4) is 0 Å². The topological polar surface area (TPSA) is 107 Å². The Morgan fingerprint density at radius 2 is 1.79 bits per heavy atom. The van der Waals surface area contributed by atoms with Gasteiger partial charge in [0.15, 0.2) is 5.78 Å². The van der Waals surface area contributed by atoms with Gasteiger partial charge in [-0.1, -0.05) is 30.3 Å². The molecule has 9 heteroatoms. The minimum atomic E-state index is -4.08. The smallest absolute Gasteiger partial charge is 0.269 e. The van der Waals surface area contributed by atoms with Crippen molar-refractivity contribution in [2.45, 2.75) is 30.9 Å². The number of hydrogen-bond acceptors (Lipinski definition) is 6. The molecule has 0 unspecified atom stereocenters. The van der Waals surface area contributed by atoms with E-state index in [9.17, 15) is 23.3 Å². The summed E-state index contributed by atoms with van der Waals surface area (Å²) in [5.74, 6) is -0.261. The van der Waals surface area contributed by atoms with E-state index >= 15 is 0 Å². The van der Waals surface area contributed by atoms with Gasteiger partial charge in [0.1, 0.15) is 6.04 Å². The van der Waals surface area contributed by atoms with Crippen LogP contribution in [0.3, 0.4) is 0 Å². The maximum atomic E-state index is 13.1. The fourth-order valence-electron chi connectivity index (χ4n) is 3.01. The van der Waals surface area contributed by atoms with Crippen molar-refractivity contribution < 1.29 is 22.9 Å². The van der Waals surface area contributed by atoms with Crippen LogP contribution in [0.25, 0.3) is 0 Å². The van der Waals surface area contributed by atoms with Crippen molar-refractivity contribution in [1.29, 1.82) is 0 Å². The summed E-state index contributed by atoms with van der Waals surface area (Å²) in [4.78, 5) is 22.6. The largest absolute Gasteiger partial charge is 0.374 e. The lowest BCUT2D eigenvalue weighted by molar-refractivity contribution is -0.384. The van der Waals surface area contributed by atoms with Gasteiger partial charge in [-0.25, -0.2) is 8.42 Å². The summed E-state index contributed by atoms with van der Waals surface area (Å²) in [5.41, 5.74) is 1.31. The van der Waals surface area contributed by atoms with E-state index in [1.165, 1.54) is 6.20 Å². The molecule has 0 aliphatic carbocycles. The number of rotatable bonds is 7. The highest BCUT2D eigenvalue weighted by Gasteiger charge is 2.36. The van der Waals surface area contributed by atoms with Gasteiger partial charge < -0.3 is 4.74 Å². The molecule has 0 N–H and O–H groups in total. The van der Waals surface area contributed by atoms with E-state index in [1.807, 2.05) is 30.3 Å². The molecule has 1 atom stereocenters. The number of ether oxygens (including phenoxy) is 1. The summed E-state index contributed by atoms with van der Waals surface area (Å²) in [6, 6.07) is 12.9. The highest BCUT2D eigenvalue weighted by atomic mass is 32.2. The first-order valence-electron chi connectivity index (χ1n) is 8.88. The Balaban J connectivity index is 1.83. The number of nitrogens with zero attached hydrogens (tertiary/aromatic N) is 2. The Kier molecular flexibility index (Phi) is 6.09. The second-order valence-corrected chi connectivity index (χ2v) is 8.56. The van der Waals surface area contributed by atoms with Crippen LogP contribution in [0.15, 0.2) is 71.3 Å². The normalized spacial score (nSPS) is 17.1. The summed E-state index contributed by atoms with van der Waals surface area (Å²) in [7, 11) is -4.08. The van der Waals surface area contributed by atoms with E-state index in [4.69, 9.17) is 4.74 Å². The molecule has 0 aromatic heterocycles. The molecule has 1 aliphatic heterocycles. The maximum absolute atomic E-state index is 13.1. The van der Waals surface area contributed by atoms with E-state index in [1.54, 1.807) is 6.92 Å². The van der Waals surface area contributed by atoms with Crippen molar-refractivity contribution >= 4 is 21.5 Å². The molecule has 1 aliphatic rings. The number of sulfonamides is 1. The van der Waals surface area contributed by atoms with E-state index in [0.29, 0.717) is 5.57 Å². The molecule has 152 valence electrons. The minimum Gasteiger partial charge on any atom is -0.374 e. The van der Waals surface area contributed by atoms with Crippen molar-refractivity contribution in [3.63, 3.8) is 0 Å². The highest BCUT2D eigenvalue weighted by Crippen LogP contribution is 2.27. The molecule has 1 heterocycles. The number of allylic oxidation sites excluding steroid dienone is 1. The molecule has 3 rings (SSSR count). The second-order valence-electron chi connectivity index (χ2n) is 6.72. The van der Waals surface area contributed by atoms with Crippen LogP contribution in [0.1, 0.15) is 18.9 Å². The van der Waals surface area contributed by atoms with Gasteiger partial charge in [0.2, 0.25) is 0 Å². The van der Waals surface area contributed by atoms with Gasteiger partial charge in [-0.05, 0) is 30.2 Å². The predicted molar refractivity (Wildman–Crippen MR) is 105 cm³/mol. The zero-order valence-corrected chi connectivity index (χ0v) is 16.5. The molecule has 0 saturated heterocycles. The van der Waals surface area contributed by atoms with E-state index in [2.05, 4.69) is 0 Å². The van der Waals surface area contributed by atoms with E-state index in [-0.39, 0.29) is 36.0 Å². The fourth-order valence-corrected chi connectivity index (χ4v) is 4.57. The Labute approximate surface area is 168 Å². The lowest BCUT2D eigenvalue weighted by atomic mass is 10.0. The summed E-state index contributed by atoms with van der Waals surface area (Å²) in [6.07, 6.45) is 1.57. The summed E-state index contributed by atoms with van der Waals surface area (Å²) >= 11 is 0. The SMILES string of the molecule is CC1=CN(S(=O)(=O)c2ccc([N+](=O)[O-])cc2)[C@@H](COCc2ccccc2)C(=O)C1. The average Bonchev–Trinajstić information content (AvgIpc) is 2.70. The van der Waals surface area contributed by atoms with Crippen LogP contribution >= 0.6 is 0 Å². The molecule has 0 bridgehead atoms. The van der Waals surface area contributed by atoms with Crippen molar-refractivity contribution in [3.05, 3.63) is 82.0 Å².